The Bertz CT molecular complexity index is 460. The largest absolute Gasteiger partial charge is 0.480 e. The summed E-state index contributed by atoms with van der Waals surface area (Å²) in [6.07, 6.45) is 0.239. The molecule has 0 radical (unpaired) electrons. The van der Waals surface area contributed by atoms with E-state index in [-0.39, 0.29) is 6.42 Å². The molecule has 1 aliphatic heterocycles. The molecule has 0 saturated carbocycles. The third-order valence-corrected chi connectivity index (χ3v) is 3.27. The van der Waals surface area contributed by atoms with Gasteiger partial charge in [-0.1, -0.05) is 6.92 Å². The van der Waals surface area contributed by atoms with E-state index in [4.69, 9.17) is 5.11 Å². The Hall–Kier alpha value is -2.12. The van der Waals surface area contributed by atoms with E-state index >= 15 is 0 Å². The molecule has 8 nitrogen and oxygen atoms in total. The summed E-state index contributed by atoms with van der Waals surface area (Å²) in [6, 6.07) is -1.62. The van der Waals surface area contributed by atoms with E-state index in [1.165, 1.54) is 20.9 Å². The highest BCUT2D eigenvalue weighted by Gasteiger charge is 2.45. The summed E-state index contributed by atoms with van der Waals surface area (Å²) in [5.74, 6) is -2.23. The van der Waals surface area contributed by atoms with E-state index in [9.17, 15) is 19.2 Å². The van der Waals surface area contributed by atoms with Crippen molar-refractivity contribution in [1.29, 1.82) is 0 Å². The fourth-order valence-electron chi connectivity index (χ4n) is 2.00. The van der Waals surface area contributed by atoms with Gasteiger partial charge in [0.1, 0.15) is 18.1 Å². The van der Waals surface area contributed by atoms with Crippen molar-refractivity contribution in [2.75, 3.05) is 13.6 Å². The molecule has 1 saturated heterocycles. The van der Waals surface area contributed by atoms with Gasteiger partial charge >= 0.3 is 12.0 Å². The molecule has 0 aliphatic carbocycles. The molecule has 2 N–H and O–H groups in total. The number of amides is 4. The molecular weight excluding hydrogens is 266 g/mol. The molecule has 112 valence electrons. The van der Waals surface area contributed by atoms with Crippen molar-refractivity contribution in [2.24, 2.45) is 0 Å². The van der Waals surface area contributed by atoms with E-state index in [1.54, 1.807) is 6.92 Å². The summed E-state index contributed by atoms with van der Waals surface area (Å²) >= 11 is 0. The van der Waals surface area contributed by atoms with Crippen molar-refractivity contribution in [1.82, 2.24) is 15.1 Å². The molecule has 0 aromatic rings. The predicted molar refractivity (Wildman–Crippen MR) is 68.8 cm³/mol. The van der Waals surface area contributed by atoms with Crippen LogP contribution in [0.3, 0.4) is 0 Å². The SMILES string of the molecule is CCC(C(=O)O)N(C)C(=O)CN1C(=O)NC(C)(C)C1=O. The zero-order valence-corrected chi connectivity index (χ0v) is 12.0. The van der Waals surface area contributed by atoms with Crippen LogP contribution >= 0.6 is 0 Å². The number of carbonyl (C=O) groups excluding carboxylic acids is 3. The fourth-order valence-corrected chi connectivity index (χ4v) is 2.00. The third kappa shape index (κ3) is 2.89. The van der Waals surface area contributed by atoms with Gasteiger partial charge < -0.3 is 15.3 Å². The second-order valence-corrected chi connectivity index (χ2v) is 5.21. The molecule has 0 aromatic heterocycles. The van der Waals surface area contributed by atoms with Gasteiger partial charge in [0, 0.05) is 7.05 Å². The number of urea groups is 1. The van der Waals surface area contributed by atoms with Gasteiger partial charge in [-0.15, -0.1) is 0 Å². The van der Waals surface area contributed by atoms with Gasteiger partial charge in [-0.2, -0.15) is 0 Å². The standard InChI is InChI=1S/C12H19N3O5/c1-5-7(9(17)18)14(4)8(16)6-15-10(19)12(2,3)13-11(15)20/h7H,5-6H2,1-4H3,(H,13,20)(H,17,18). The van der Waals surface area contributed by atoms with Crippen LogP contribution in [0.4, 0.5) is 4.79 Å². The zero-order valence-electron chi connectivity index (χ0n) is 12.0. The highest BCUT2D eigenvalue weighted by molar-refractivity contribution is 6.08. The Morgan fingerprint density at radius 2 is 1.95 bits per heavy atom. The number of rotatable bonds is 5. The van der Waals surface area contributed by atoms with Crippen molar-refractivity contribution in [3.05, 3.63) is 0 Å². The number of carboxylic acid groups (broad SMARTS) is 1. The van der Waals surface area contributed by atoms with E-state index in [0.717, 1.165) is 9.80 Å². The molecule has 4 amide bonds. The van der Waals surface area contributed by atoms with Crippen molar-refractivity contribution in [3.63, 3.8) is 0 Å². The van der Waals surface area contributed by atoms with Gasteiger partial charge in [0.05, 0.1) is 0 Å². The minimum atomic E-state index is -1.12. The van der Waals surface area contributed by atoms with Gasteiger partial charge in [0.2, 0.25) is 5.91 Å². The van der Waals surface area contributed by atoms with Crippen LogP contribution in [0.25, 0.3) is 0 Å². The summed E-state index contributed by atoms with van der Waals surface area (Å²) in [4.78, 5) is 48.4. The minimum absolute atomic E-state index is 0.239. The summed E-state index contributed by atoms with van der Waals surface area (Å²) in [6.45, 7) is 4.24. The molecule has 1 atom stereocenters. The van der Waals surface area contributed by atoms with E-state index < -0.39 is 41.9 Å². The summed E-state index contributed by atoms with van der Waals surface area (Å²) < 4.78 is 0. The van der Waals surface area contributed by atoms with Crippen LogP contribution in [0.2, 0.25) is 0 Å². The Labute approximate surface area is 116 Å². The summed E-state index contributed by atoms with van der Waals surface area (Å²) in [5.41, 5.74) is -1.05. The highest BCUT2D eigenvalue weighted by atomic mass is 16.4. The molecule has 8 heteroatoms. The molecule has 20 heavy (non-hydrogen) atoms. The molecule has 1 heterocycles. The average molecular weight is 285 g/mol. The van der Waals surface area contributed by atoms with Gasteiger partial charge in [0.25, 0.3) is 5.91 Å². The molecule has 0 bridgehead atoms. The van der Waals surface area contributed by atoms with Crippen LogP contribution in [-0.2, 0) is 14.4 Å². The Balaban J connectivity index is 2.79. The second-order valence-electron chi connectivity index (χ2n) is 5.21. The van der Waals surface area contributed by atoms with E-state index in [2.05, 4.69) is 5.32 Å². The van der Waals surface area contributed by atoms with Crippen molar-refractivity contribution >= 4 is 23.8 Å². The number of nitrogens with one attached hydrogen (secondary N) is 1. The molecule has 1 rings (SSSR count). The lowest BCUT2D eigenvalue weighted by Gasteiger charge is -2.25. The number of carbonyl (C=O) groups is 4. The Morgan fingerprint density at radius 3 is 2.30 bits per heavy atom. The normalized spacial score (nSPS) is 18.7. The van der Waals surface area contributed by atoms with E-state index in [0.29, 0.717) is 0 Å². The molecule has 1 aliphatic rings. The van der Waals surface area contributed by atoms with Crippen LogP contribution in [-0.4, -0.2) is 63.9 Å². The maximum absolute atomic E-state index is 12.0. The number of aliphatic carboxylic acids is 1. The summed E-state index contributed by atoms with van der Waals surface area (Å²) in [5, 5.41) is 11.4. The molecule has 1 fully saturated rings. The number of likely N-dealkylation sites (N-methyl/N-ethyl adjacent to an activating group) is 1. The quantitative estimate of drug-likeness (QED) is 0.671. The topological polar surface area (TPSA) is 107 Å². The number of nitrogens with zero attached hydrogens (tertiary/aromatic N) is 2. The lowest BCUT2D eigenvalue weighted by atomic mass is 10.1. The number of hydrogen-bond acceptors (Lipinski definition) is 4. The van der Waals surface area contributed by atoms with Gasteiger partial charge in [-0.25, -0.2) is 9.59 Å². The molecular formula is C12H19N3O5. The lowest BCUT2D eigenvalue weighted by Crippen LogP contribution is -2.48. The van der Waals surface area contributed by atoms with Crippen molar-refractivity contribution in [3.8, 4) is 0 Å². The van der Waals surface area contributed by atoms with Crippen LogP contribution < -0.4 is 5.32 Å². The first kappa shape index (κ1) is 15.9. The maximum Gasteiger partial charge on any atom is 0.326 e. The molecule has 1 unspecified atom stereocenters. The lowest BCUT2D eigenvalue weighted by molar-refractivity contribution is -0.149. The van der Waals surface area contributed by atoms with E-state index in [1.807, 2.05) is 0 Å². The fraction of sp³-hybridized carbons (Fsp3) is 0.667. The Kier molecular flexibility index (Phi) is 4.36. The Morgan fingerprint density at radius 1 is 1.40 bits per heavy atom. The number of hydrogen-bond donors (Lipinski definition) is 2. The minimum Gasteiger partial charge on any atom is -0.480 e. The first-order valence-electron chi connectivity index (χ1n) is 6.24. The number of carboxylic acids is 1. The second kappa shape index (κ2) is 5.48. The summed E-state index contributed by atoms with van der Waals surface area (Å²) in [7, 11) is 1.34. The monoisotopic (exact) mass is 285 g/mol. The maximum atomic E-state index is 12.0. The molecule has 0 aromatic carbocycles. The number of imide groups is 1. The average Bonchev–Trinajstić information content (AvgIpc) is 2.51. The van der Waals surface area contributed by atoms with Crippen molar-refractivity contribution in [2.45, 2.75) is 38.8 Å². The predicted octanol–water partition coefficient (Wildman–Crippen LogP) is -0.362. The van der Waals surface area contributed by atoms with Gasteiger partial charge in [-0.05, 0) is 20.3 Å². The zero-order chi connectivity index (χ0) is 15.7. The van der Waals surface area contributed by atoms with Crippen LogP contribution in [0.5, 0.6) is 0 Å². The van der Waals surface area contributed by atoms with Crippen LogP contribution in [0.1, 0.15) is 27.2 Å². The third-order valence-electron chi connectivity index (χ3n) is 3.27. The molecule has 0 spiro atoms. The van der Waals surface area contributed by atoms with Crippen LogP contribution in [0.15, 0.2) is 0 Å². The van der Waals surface area contributed by atoms with Gasteiger partial charge in [0.15, 0.2) is 0 Å². The smallest absolute Gasteiger partial charge is 0.326 e. The van der Waals surface area contributed by atoms with Crippen molar-refractivity contribution < 1.29 is 24.3 Å². The van der Waals surface area contributed by atoms with Gasteiger partial charge in [-0.3, -0.25) is 14.5 Å². The first-order chi connectivity index (χ1) is 9.11. The highest BCUT2D eigenvalue weighted by Crippen LogP contribution is 2.16. The first-order valence-corrected chi connectivity index (χ1v) is 6.24. The van der Waals surface area contributed by atoms with Crippen LogP contribution in [0, 0.1) is 0 Å².